The number of phosphoric ester groups is 2. The maximum absolute atomic E-state index is 13.0. The summed E-state index contributed by atoms with van der Waals surface area (Å²) in [7, 11) is -10.7. The molecular weight excluding hydrogens is 898 g/mol. The first-order valence-corrected chi connectivity index (χ1v) is 27.2. The largest absolute Gasteiger partial charge is 0.472 e. The Morgan fingerprint density at radius 2 is 1.02 bits per heavy atom. The monoisotopic (exact) mass is 981 g/mol. The molecule has 7 N–H and O–H groups in total. The first kappa shape index (κ1) is 61.6. The minimum atomic E-state index is -5.38. The second-order valence-electron chi connectivity index (χ2n) is 16.9. The van der Waals surface area contributed by atoms with E-state index in [-0.39, 0.29) is 18.6 Å². The first-order chi connectivity index (χ1) is 31.5. The summed E-state index contributed by atoms with van der Waals surface area (Å²) < 4.78 is 49.3. The van der Waals surface area contributed by atoms with Gasteiger partial charge in [0.2, 0.25) is 0 Å². The molecule has 0 radical (unpaired) electrons. The van der Waals surface area contributed by atoms with Crippen LogP contribution in [0.15, 0.2) is 48.6 Å². The van der Waals surface area contributed by atoms with Gasteiger partial charge in [-0.05, 0) is 44.6 Å². The van der Waals surface area contributed by atoms with E-state index >= 15 is 0 Å². The minimum Gasteiger partial charge on any atom is -0.462 e. The van der Waals surface area contributed by atoms with Crippen molar-refractivity contribution in [1.82, 2.24) is 0 Å². The lowest BCUT2D eigenvalue weighted by molar-refractivity contribution is -0.216. The van der Waals surface area contributed by atoms with Crippen LogP contribution in [0.2, 0.25) is 0 Å². The van der Waals surface area contributed by atoms with E-state index < -0.39 is 83.5 Å². The van der Waals surface area contributed by atoms with Gasteiger partial charge < -0.3 is 44.6 Å². The molecule has 0 heterocycles. The SMILES string of the molecule is CCCCCCCCCCCCCCCCCC(=O)OC[C@H](COP(=O)(O)O[C@H]1C(O)C(O)C(O)[C@@H](OP(=O)(O)O)C1O)OC(=O)CCC/C=C\C/C=C\C/C=C\C=C\C(=O)CCCCC. The van der Waals surface area contributed by atoms with E-state index in [2.05, 4.69) is 18.4 Å². The summed E-state index contributed by atoms with van der Waals surface area (Å²) >= 11 is 0. The van der Waals surface area contributed by atoms with Crippen molar-refractivity contribution in [3.8, 4) is 0 Å². The molecule has 0 aromatic heterocycles. The number of phosphoric acid groups is 2. The van der Waals surface area contributed by atoms with Crippen LogP contribution in [-0.4, -0.2) is 109 Å². The standard InChI is InChI=1S/C47H82O17P2/c1-3-5-7-8-9-10-11-12-13-14-17-20-23-26-30-34-40(49)60-36-39(37-61-66(58,59)64-47-44(53)42(51)43(52)46(45(47)54)63-65(55,56)57)62-41(50)35-31-27-24-21-18-15-16-19-22-25-29-33-38(48)32-28-6-4-2/h15-16,21-22,24-25,29,33,39,42-47,51-54H,3-14,17-20,23,26-28,30-32,34-37H2,1-2H3,(H,58,59)(H2,55,56,57)/b16-15-,24-21-,25-22-,33-29+/t39-,42?,43?,44?,45?,46-,47+/m1/s1. The van der Waals surface area contributed by atoms with E-state index in [4.69, 9.17) is 18.5 Å². The summed E-state index contributed by atoms with van der Waals surface area (Å²) in [6.07, 6.45) is 23.4. The molecule has 382 valence electrons. The lowest BCUT2D eigenvalue weighted by atomic mass is 9.85. The Balaban J connectivity index is 2.64. The average molecular weight is 981 g/mol. The molecular formula is C47H82O17P2. The van der Waals surface area contributed by atoms with Gasteiger partial charge >= 0.3 is 27.6 Å². The summed E-state index contributed by atoms with van der Waals surface area (Å²) in [6, 6.07) is 0. The normalized spacial score (nSPS) is 21.8. The summed E-state index contributed by atoms with van der Waals surface area (Å²) in [5, 5.41) is 41.2. The van der Waals surface area contributed by atoms with E-state index in [1.807, 2.05) is 36.5 Å². The smallest absolute Gasteiger partial charge is 0.462 e. The molecule has 19 heteroatoms. The maximum Gasteiger partial charge on any atom is 0.472 e. The van der Waals surface area contributed by atoms with Gasteiger partial charge in [-0.1, -0.05) is 159 Å². The molecule has 1 rings (SSSR count). The van der Waals surface area contributed by atoms with E-state index in [1.165, 1.54) is 64.2 Å². The lowest BCUT2D eigenvalue weighted by Crippen LogP contribution is -2.64. The third-order valence-corrected chi connectivity index (χ3v) is 12.4. The van der Waals surface area contributed by atoms with Crippen LogP contribution in [0.5, 0.6) is 0 Å². The zero-order chi connectivity index (χ0) is 49.1. The van der Waals surface area contributed by atoms with Crippen molar-refractivity contribution in [2.75, 3.05) is 13.2 Å². The van der Waals surface area contributed by atoms with Crippen LogP contribution < -0.4 is 0 Å². The van der Waals surface area contributed by atoms with E-state index in [1.54, 1.807) is 12.2 Å². The molecule has 1 aliphatic rings. The van der Waals surface area contributed by atoms with Crippen molar-refractivity contribution in [2.24, 2.45) is 0 Å². The van der Waals surface area contributed by atoms with Gasteiger partial charge in [0.15, 0.2) is 11.9 Å². The Morgan fingerprint density at radius 3 is 1.59 bits per heavy atom. The number of aliphatic hydroxyl groups is 4. The van der Waals surface area contributed by atoms with Crippen molar-refractivity contribution in [2.45, 2.75) is 217 Å². The van der Waals surface area contributed by atoms with Crippen molar-refractivity contribution in [1.29, 1.82) is 0 Å². The van der Waals surface area contributed by atoms with Gasteiger partial charge in [-0.15, -0.1) is 0 Å². The van der Waals surface area contributed by atoms with Crippen molar-refractivity contribution in [3.63, 3.8) is 0 Å². The Hall–Kier alpha value is -2.37. The molecule has 0 aromatic carbocycles. The number of ketones is 1. The average Bonchev–Trinajstić information content (AvgIpc) is 3.26. The summed E-state index contributed by atoms with van der Waals surface area (Å²) in [5.74, 6) is -1.18. The highest BCUT2D eigenvalue weighted by molar-refractivity contribution is 7.47. The first-order valence-electron chi connectivity index (χ1n) is 24.1. The predicted octanol–water partition coefficient (Wildman–Crippen LogP) is 8.46. The van der Waals surface area contributed by atoms with Gasteiger partial charge in [-0.2, -0.15) is 0 Å². The molecule has 0 spiro atoms. The summed E-state index contributed by atoms with van der Waals surface area (Å²) in [6.45, 7) is 2.91. The second-order valence-corrected chi connectivity index (χ2v) is 19.5. The van der Waals surface area contributed by atoms with Crippen LogP contribution in [0.3, 0.4) is 0 Å². The minimum absolute atomic E-state index is 0.0575. The van der Waals surface area contributed by atoms with Crippen LogP contribution in [-0.2, 0) is 46.6 Å². The molecule has 1 fully saturated rings. The highest BCUT2D eigenvalue weighted by atomic mass is 31.2. The number of ether oxygens (including phenoxy) is 2. The highest BCUT2D eigenvalue weighted by Crippen LogP contribution is 2.49. The molecule has 0 bridgehead atoms. The Bertz CT molecular complexity index is 1530. The summed E-state index contributed by atoms with van der Waals surface area (Å²) in [5.41, 5.74) is 0. The van der Waals surface area contributed by atoms with Gasteiger partial charge in [-0.3, -0.25) is 28.0 Å². The predicted molar refractivity (Wildman–Crippen MR) is 251 cm³/mol. The van der Waals surface area contributed by atoms with Crippen LogP contribution in [0.1, 0.15) is 174 Å². The fourth-order valence-corrected chi connectivity index (χ4v) is 8.63. The lowest BCUT2D eigenvalue weighted by Gasteiger charge is -2.43. The summed E-state index contributed by atoms with van der Waals surface area (Å²) in [4.78, 5) is 66.0. The molecule has 1 aliphatic carbocycles. The fraction of sp³-hybridized carbons (Fsp3) is 0.766. The number of hydrogen-bond donors (Lipinski definition) is 7. The number of rotatable bonds is 40. The topological polar surface area (TPSA) is 273 Å². The van der Waals surface area contributed by atoms with Crippen LogP contribution in [0, 0.1) is 0 Å². The van der Waals surface area contributed by atoms with Gasteiger partial charge in [0, 0.05) is 19.3 Å². The number of unbranched alkanes of at least 4 members (excludes halogenated alkanes) is 17. The molecule has 5 unspecified atom stereocenters. The number of aliphatic hydroxyl groups excluding tert-OH is 4. The number of allylic oxidation sites excluding steroid dienone is 8. The second kappa shape index (κ2) is 37.5. The number of hydrogen-bond acceptors (Lipinski definition) is 14. The fourth-order valence-electron chi connectivity index (χ4n) is 7.09. The van der Waals surface area contributed by atoms with Crippen molar-refractivity contribution < 1.29 is 81.7 Å². The zero-order valence-corrected chi connectivity index (χ0v) is 41.1. The van der Waals surface area contributed by atoms with E-state index in [9.17, 15) is 58.6 Å². The van der Waals surface area contributed by atoms with Gasteiger partial charge in [0.05, 0.1) is 6.61 Å². The van der Waals surface area contributed by atoms with Gasteiger partial charge in [0.1, 0.15) is 43.2 Å². The van der Waals surface area contributed by atoms with Crippen LogP contribution in [0.4, 0.5) is 0 Å². The number of carbonyl (C=O) groups is 3. The zero-order valence-electron chi connectivity index (χ0n) is 39.4. The maximum atomic E-state index is 13.0. The van der Waals surface area contributed by atoms with E-state index in [0.717, 1.165) is 44.9 Å². The number of esters is 2. The Kier molecular flexibility index (Phi) is 35.0. The van der Waals surface area contributed by atoms with Crippen molar-refractivity contribution >= 4 is 33.4 Å². The third-order valence-electron chi connectivity index (χ3n) is 10.9. The van der Waals surface area contributed by atoms with Crippen LogP contribution >= 0.6 is 15.6 Å². The van der Waals surface area contributed by atoms with Gasteiger partial charge in [0.25, 0.3) is 0 Å². The molecule has 17 nitrogen and oxygen atoms in total. The highest BCUT2D eigenvalue weighted by Gasteiger charge is 2.54. The Labute approximate surface area is 392 Å². The third kappa shape index (κ3) is 31.6. The molecule has 0 aliphatic heterocycles. The molecule has 0 aromatic rings. The number of carbonyl (C=O) groups excluding carboxylic acids is 3. The molecule has 66 heavy (non-hydrogen) atoms. The van der Waals surface area contributed by atoms with E-state index in [0.29, 0.717) is 38.5 Å². The Morgan fingerprint density at radius 1 is 0.530 bits per heavy atom. The molecule has 0 amide bonds. The van der Waals surface area contributed by atoms with Crippen LogP contribution in [0.25, 0.3) is 0 Å². The van der Waals surface area contributed by atoms with Crippen molar-refractivity contribution in [3.05, 3.63) is 48.6 Å². The molecule has 0 saturated heterocycles. The molecule has 8 atom stereocenters. The molecule has 1 saturated carbocycles. The van der Waals surface area contributed by atoms with Gasteiger partial charge in [-0.25, -0.2) is 9.13 Å². The quantitative estimate of drug-likeness (QED) is 0.00757.